The Hall–Kier alpha value is -2.70. The Morgan fingerprint density at radius 3 is 1.65 bits per heavy atom. The standard InChI is InChI=1S/C32H32F2NP2/c1-24(35(2)37(29-10-5-3-6-11-29)30-12-7-4-8-13-30)31-14-9-15-32(31)36(27-20-16-25(33)17-21-27)28-22-18-26(34)19-23-28/h3-8,10-13,16-24,31H,9,14-15H2,1-2H3/q+1/t24-,31?/m0/s1. The minimum absolute atomic E-state index is 0.227. The van der Waals surface area contributed by atoms with Crippen LogP contribution in [-0.2, 0) is 0 Å². The van der Waals surface area contributed by atoms with Crippen LogP contribution in [0.1, 0.15) is 26.2 Å². The second-order valence-electron chi connectivity index (χ2n) is 9.58. The molecule has 1 unspecified atom stereocenters. The van der Waals surface area contributed by atoms with Crippen LogP contribution < -0.4 is 21.2 Å². The van der Waals surface area contributed by atoms with Gasteiger partial charge in [-0.25, -0.2) is 8.78 Å². The third kappa shape index (κ3) is 5.75. The van der Waals surface area contributed by atoms with E-state index in [-0.39, 0.29) is 11.6 Å². The molecule has 0 radical (unpaired) electrons. The Bertz CT molecular complexity index is 1250. The van der Waals surface area contributed by atoms with E-state index < -0.39 is 15.6 Å². The number of nitrogens with zero attached hydrogens (tertiary/aromatic N) is 1. The molecule has 2 atom stereocenters. The fraction of sp³-hybridized carbons (Fsp3) is 0.219. The molecule has 0 saturated heterocycles. The predicted octanol–water partition coefficient (Wildman–Crippen LogP) is 6.74. The summed E-state index contributed by atoms with van der Waals surface area (Å²) in [6, 6.07) is 35.8. The van der Waals surface area contributed by atoms with E-state index in [9.17, 15) is 8.78 Å². The van der Waals surface area contributed by atoms with Gasteiger partial charge in [-0.05, 0) is 86.0 Å². The average Bonchev–Trinajstić information content (AvgIpc) is 3.41. The van der Waals surface area contributed by atoms with E-state index in [0.29, 0.717) is 12.0 Å². The van der Waals surface area contributed by atoms with Gasteiger partial charge in [0.15, 0.2) is 18.2 Å². The normalized spacial score (nSPS) is 16.4. The van der Waals surface area contributed by atoms with E-state index >= 15 is 0 Å². The molecule has 5 heteroatoms. The molecule has 1 aliphatic rings. The van der Waals surface area contributed by atoms with Gasteiger partial charge in [0.2, 0.25) is 0 Å². The lowest BCUT2D eigenvalue weighted by molar-refractivity contribution is 0.358. The van der Waals surface area contributed by atoms with Crippen molar-refractivity contribution in [2.24, 2.45) is 5.92 Å². The van der Waals surface area contributed by atoms with Gasteiger partial charge in [0.25, 0.3) is 0 Å². The lowest BCUT2D eigenvalue weighted by Gasteiger charge is -2.36. The van der Waals surface area contributed by atoms with Gasteiger partial charge in [-0.1, -0.05) is 60.7 Å². The van der Waals surface area contributed by atoms with E-state index in [4.69, 9.17) is 0 Å². The Morgan fingerprint density at radius 1 is 0.730 bits per heavy atom. The van der Waals surface area contributed by atoms with Crippen LogP contribution in [0, 0.1) is 17.6 Å². The van der Waals surface area contributed by atoms with Crippen LogP contribution in [0.15, 0.2) is 109 Å². The summed E-state index contributed by atoms with van der Waals surface area (Å²) in [5.74, 6) is -0.0471. The molecule has 5 rings (SSSR count). The third-order valence-electron chi connectivity index (χ3n) is 7.32. The van der Waals surface area contributed by atoms with Crippen LogP contribution in [0.25, 0.3) is 0 Å². The molecule has 1 aliphatic carbocycles. The number of benzene rings is 4. The maximum atomic E-state index is 13.9. The van der Waals surface area contributed by atoms with E-state index in [1.165, 1.54) is 15.9 Å². The van der Waals surface area contributed by atoms with Crippen molar-refractivity contribution >= 4 is 42.1 Å². The van der Waals surface area contributed by atoms with Crippen LogP contribution in [0.5, 0.6) is 0 Å². The van der Waals surface area contributed by atoms with Crippen molar-refractivity contribution in [2.75, 3.05) is 7.05 Å². The van der Waals surface area contributed by atoms with Gasteiger partial charge in [0.05, 0.1) is 0 Å². The van der Waals surface area contributed by atoms with E-state index in [1.54, 1.807) is 24.3 Å². The van der Waals surface area contributed by atoms with Crippen molar-refractivity contribution in [3.8, 4) is 0 Å². The zero-order chi connectivity index (χ0) is 25.8. The quantitative estimate of drug-likeness (QED) is 0.239. The summed E-state index contributed by atoms with van der Waals surface area (Å²) in [6.45, 7) is 2.36. The van der Waals surface area contributed by atoms with Gasteiger partial charge in [-0.3, -0.25) is 4.67 Å². The first-order chi connectivity index (χ1) is 18.0. The first-order valence-corrected chi connectivity index (χ1v) is 15.5. The van der Waals surface area contributed by atoms with Crippen molar-refractivity contribution in [3.63, 3.8) is 0 Å². The van der Waals surface area contributed by atoms with Gasteiger partial charge in [0.1, 0.15) is 16.9 Å². The number of hydrogen-bond acceptors (Lipinski definition) is 1. The summed E-state index contributed by atoms with van der Waals surface area (Å²) >= 11 is 0. The highest BCUT2D eigenvalue weighted by molar-refractivity contribution is 7.73. The fourth-order valence-corrected chi connectivity index (χ4v) is 10.8. The molecule has 4 aromatic carbocycles. The Balaban J connectivity index is 1.58. The van der Waals surface area contributed by atoms with Crippen LogP contribution in [0.3, 0.4) is 0 Å². The topological polar surface area (TPSA) is 3.24 Å². The number of halogens is 2. The Kier molecular flexibility index (Phi) is 8.26. The highest BCUT2D eigenvalue weighted by Crippen LogP contribution is 2.44. The molecular weight excluding hydrogens is 498 g/mol. The van der Waals surface area contributed by atoms with E-state index in [2.05, 4.69) is 79.3 Å². The number of hydrogen-bond donors (Lipinski definition) is 0. The van der Waals surface area contributed by atoms with Gasteiger partial charge >= 0.3 is 0 Å². The number of rotatable bonds is 7. The smallest absolute Gasteiger partial charge is 0.169 e. The average molecular weight is 531 g/mol. The predicted molar refractivity (Wildman–Crippen MR) is 158 cm³/mol. The van der Waals surface area contributed by atoms with E-state index in [1.807, 2.05) is 24.3 Å². The molecule has 4 aromatic rings. The Labute approximate surface area is 221 Å². The molecule has 1 nitrogen and oxygen atoms in total. The molecule has 0 aliphatic heterocycles. The second-order valence-corrected chi connectivity index (χ2v) is 14.1. The summed E-state index contributed by atoms with van der Waals surface area (Å²) in [6.07, 6.45) is 3.33. The highest BCUT2D eigenvalue weighted by atomic mass is 31.1. The summed E-state index contributed by atoms with van der Waals surface area (Å²) in [4.78, 5) is 0. The molecule has 0 amide bonds. The molecule has 0 bridgehead atoms. The maximum Gasteiger partial charge on any atom is 0.169 e. The van der Waals surface area contributed by atoms with Gasteiger partial charge in [0, 0.05) is 26.5 Å². The van der Waals surface area contributed by atoms with Gasteiger partial charge in [-0.2, -0.15) is 0 Å². The van der Waals surface area contributed by atoms with Crippen LogP contribution >= 0.6 is 15.6 Å². The van der Waals surface area contributed by atoms with Crippen molar-refractivity contribution in [1.82, 2.24) is 4.67 Å². The zero-order valence-electron chi connectivity index (χ0n) is 21.3. The van der Waals surface area contributed by atoms with Gasteiger partial charge < -0.3 is 0 Å². The molecule has 0 heterocycles. The summed E-state index contributed by atoms with van der Waals surface area (Å²) in [5.41, 5.74) is 0. The molecule has 0 spiro atoms. The van der Waals surface area contributed by atoms with Crippen molar-refractivity contribution in [3.05, 3.63) is 121 Å². The second kappa shape index (κ2) is 11.8. The van der Waals surface area contributed by atoms with Crippen LogP contribution in [0.2, 0.25) is 0 Å². The lowest BCUT2D eigenvalue weighted by atomic mass is 10.00. The minimum Gasteiger partial charge on any atom is -0.274 e. The summed E-state index contributed by atoms with van der Waals surface area (Å²) in [5, 5.41) is 6.48. The molecule has 1 saturated carbocycles. The van der Waals surface area contributed by atoms with E-state index in [0.717, 1.165) is 29.9 Å². The van der Waals surface area contributed by atoms with Crippen LogP contribution in [0.4, 0.5) is 8.78 Å². The maximum absolute atomic E-state index is 13.9. The molecule has 0 aromatic heterocycles. The minimum atomic E-state index is -0.837. The zero-order valence-corrected chi connectivity index (χ0v) is 23.1. The largest absolute Gasteiger partial charge is 0.274 e. The first-order valence-electron chi connectivity index (χ1n) is 12.8. The summed E-state index contributed by atoms with van der Waals surface area (Å²) < 4.78 is 30.3. The Morgan fingerprint density at radius 2 is 1.19 bits per heavy atom. The first kappa shape index (κ1) is 25.9. The fourth-order valence-electron chi connectivity index (χ4n) is 5.41. The third-order valence-corrected chi connectivity index (χ3v) is 12.7. The summed E-state index contributed by atoms with van der Waals surface area (Å²) in [7, 11) is 0.736. The highest BCUT2D eigenvalue weighted by Gasteiger charge is 2.40. The molecular formula is C32H32F2NP2+. The molecule has 1 fully saturated rings. The van der Waals surface area contributed by atoms with Crippen molar-refractivity contribution in [1.29, 1.82) is 0 Å². The molecule has 188 valence electrons. The van der Waals surface area contributed by atoms with Crippen molar-refractivity contribution in [2.45, 2.75) is 32.2 Å². The van der Waals surface area contributed by atoms with Gasteiger partial charge in [-0.15, -0.1) is 0 Å². The van der Waals surface area contributed by atoms with Crippen molar-refractivity contribution < 1.29 is 8.78 Å². The monoisotopic (exact) mass is 530 g/mol. The lowest BCUT2D eigenvalue weighted by Crippen LogP contribution is -2.39. The molecule has 37 heavy (non-hydrogen) atoms. The molecule has 0 N–H and O–H groups in total. The van der Waals surface area contributed by atoms with Crippen LogP contribution in [-0.4, -0.2) is 23.1 Å². The SMILES string of the molecule is C[C@@H](C1CCCC1=[P+](c1ccc(F)cc1)c1ccc(F)cc1)N(C)P(c1ccccc1)c1ccccc1.